The van der Waals surface area contributed by atoms with E-state index in [-0.39, 0.29) is 0 Å². The van der Waals surface area contributed by atoms with Crippen molar-refractivity contribution >= 4 is 6.09 Å². The molecule has 0 aromatic heterocycles. The van der Waals surface area contributed by atoms with Gasteiger partial charge in [-0.05, 0) is 38.0 Å². The number of carboxylic acid groups (broad SMARTS) is 1. The van der Waals surface area contributed by atoms with Crippen LogP contribution in [0.5, 0.6) is 0 Å². The predicted molar refractivity (Wildman–Crippen MR) is 53.2 cm³/mol. The summed E-state index contributed by atoms with van der Waals surface area (Å²) in [4.78, 5) is 10.3. The molecule has 0 unspecified atom stereocenters. The molecule has 0 bridgehead atoms. The van der Waals surface area contributed by atoms with Gasteiger partial charge in [-0.2, -0.15) is 0 Å². The van der Waals surface area contributed by atoms with Crippen molar-refractivity contribution in [2.75, 3.05) is 6.54 Å². The summed E-state index contributed by atoms with van der Waals surface area (Å²) in [6, 6.07) is 0. The molecule has 1 aliphatic carbocycles. The van der Waals surface area contributed by atoms with E-state index in [0.717, 1.165) is 32.1 Å². The SMILES string of the molecule is CCC1(O)CCC(CNC(=O)O)CC1. The van der Waals surface area contributed by atoms with E-state index in [1.165, 1.54) is 0 Å². The van der Waals surface area contributed by atoms with Crippen LogP contribution in [0.4, 0.5) is 4.79 Å². The zero-order valence-electron chi connectivity index (χ0n) is 8.62. The predicted octanol–water partition coefficient (Wildman–Crippen LogP) is 1.59. The topological polar surface area (TPSA) is 69.6 Å². The summed E-state index contributed by atoms with van der Waals surface area (Å²) in [5.41, 5.74) is -0.486. The van der Waals surface area contributed by atoms with E-state index in [1.807, 2.05) is 6.92 Å². The van der Waals surface area contributed by atoms with Crippen LogP contribution in [0.2, 0.25) is 0 Å². The van der Waals surface area contributed by atoms with Crippen LogP contribution in [-0.4, -0.2) is 28.5 Å². The summed E-state index contributed by atoms with van der Waals surface area (Å²) >= 11 is 0. The fraction of sp³-hybridized carbons (Fsp3) is 0.900. The van der Waals surface area contributed by atoms with Crippen molar-refractivity contribution < 1.29 is 15.0 Å². The number of amides is 1. The highest BCUT2D eigenvalue weighted by Crippen LogP contribution is 2.33. The van der Waals surface area contributed by atoms with Crippen LogP contribution in [0.3, 0.4) is 0 Å². The molecule has 1 saturated carbocycles. The number of hydrogen-bond donors (Lipinski definition) is 3. The molecule has 1 amide bonds. The minimum absolute atomic E-state index is 0.401. The zero-order valence-corrected chi connectivity index (χ0v) is 8.62. The highest BCUT2D eigenvalue weighted by molar-refractivity contribution is 5.64. The summed E-state index contributed by atoms with van der Waals surface area (Å²) in [7, 11) is 0. The van der Waals surface area contributed by atoms with Crippen LogP contribution < -0.4 is 5.32 Å². The second-order valence-electron chi connectivity index (χ2n) is 4.21. The summed E-state index contributed by atoms with van der Waals surface area (Å²) in [5.74, 6) is 0.401. The van der Waals surface area contributed by atoms with E-state index < -0.39 is 11.7 Å². The third-order valence-electron chi connectivity index (χ3n) is 3.24. The molecule has 0 aromatic rings. The normalized spacial score (nSPS) is 32.6. The molecule has 1 fully saturated rings. The lowest BCUT2D eigenvalue weighted by Gasteiger charge is -2.35. The Balaban J connectivity index is 2.25. The average Bonchev–Trinajstić information content (AvgIpc) is 2.17. The second kappa shape index (κ2) is 4.64. The third kappa shape index (κ3) is 3.18. The Kier molecular flexibility index (Phi) is 3.75. The Bertz CT molecular complexity index is 198. The van der Waals surface area contributed by atoms with E-state index in [2.05, 4.69) is 5.32 Å². The van der Waals surface area contributed by atoms with Crippen molar-refractivity contribution in [3.05, 3.63) is 0 Å². The molecule has 0 heterocycles. The van der Waals surface area contributed by atoms with Crippen molar-refractivity contribution in [1.82, 2.24) is 5.32 Å². The van der Waals surface area contributed by atoms with Gasteiger partial charge < -0.3 is 15.5 Å². The van der Waals surface area contributed by atoms with Gasteiger partial charge in [-0.3, -0.25) is 0 Å². The first-order valence-electron chi connectivity index (χ1n) is 5.25. The maximum atomic E-state index is 10.3. The van der Waals surface area contributed by atoms with Gasteiger partial charge in [0, 0.05) is 6.54 Å². The van der Waals surface area contributed by atoms with E-state index in [1.54, 1.807) is 0 Å². The van der Waals surface area contributed by atoms with Gasteiger partial charge in [0.1, 0.15) is 0 Å². The number of hydrogen-bond acceptors (Lipinski definition) is 2. The Morgan fingerprint density at radius 1 is 1.50 bits per heavy atom. The van der Waals surface area contributed by atoms with Crippen LogP contribution in [0, 0.1) is 5.92 Å². The first kappa shape index (κ1) is 11.3. The molecule has 0 saturated heterocycles. The fourth-order valence-corrected chi connectivity index (χ4v) is 2.00. The largest absolute Gasteiger partial charge is 0.465 e. The van der Waals surface area contributed by atoms with Crippen LogP contribution in [-0.2, 0) is 0 Å². The first-order chi connectivity index (χ1) is 6.56. The van der Waals surface area contributed by atoms with E-state index in [0.29, 0.717) is 12.5 Å². The Labute approximate surface area is 84.3 Å². The Hall–Kier alpha value is -0.770. The van der Waals surface area contributed by atoms with Crippen molar-refractivity contribution in [2.24, 2.45) is 5.92 Å². The molecule has 4 heteroatoms. The molecule has 1 aliphatic rings. The van der Waals surface area contributed by atoms with E-state index in [9.17, 15) is 9.90 Å². The molecule has 0 spiro atoms. The van der Waals surface area contributed by atoms with Crippen LogP contribution in [0.25, 0.3) is 0 Å². The van der Waals surface area contributed by atoms with E-state index in [4.69, 9.17) is 5.11 Å². The standard InChI is InChI=1S/C10H19NO3/c1-2-10(14)5-3-8(4-6-10)7-11-9(12)13/h8,11,14H,2-7H2,1H3,(H,12,13). The molecule has 3 N–H and O–H groups in total. The van der Waals surface area contributed by atoms with Crippen LogP contribution >= 0.6 is 0 Å². The lowest BCUT2D eigenvalue weighted by Crippen LogP contribution is -2.37. The fourth-order valence-electron chi connectivity index (χ4n) is 2.00. The smallest absolute Gasteiger partial charge is 0.404 e. The minimum Gasteiger partial charge on any atom is -0.465 e. The molecule has 1 rings (SSSR count). The Morgan fingerprint density at radius 2 is 2.07 bits per heavy atom. The lowest BCUT2D eigenvalue weighted by molar-refractivity contribution is -0.0120. The van der Waals surface area contributed by atoms with Gasteiger partial charge in [0.05, 0.1) is 5.60 Å². The highest BCUT2D eigenvalue weighted by atomic mass is 16.4. The molecule has 82 valence electrons. The van der Waals surface area contributed by atoms with Gasteiger partial charge >= 0.3 is 6.09 Å². The van der Waals surface area contributed by atoms with Crippen LogP contribution in [0.1, 0.15) is 39.0 Å². The second-order valence-corrected chi connectivity index (χ2v) is 4.21. The van der Waals surface area contributed by atoms with Gasteiger partial charge in [-0.25, -0.2) is 4.79 Å². The first-order valence-corrected chi connectivity index (χ1v) is 5.25. The number of rotatable bonds is 3. The summed E-state index contributed by atoms with van der Waals surface area (Å²) in [5, 5.41) is 20.8. The van der Waals surface area contributed by atoms with Gasteiger partial charge in [0.2, 0.25) is 0 Å². The quantitative estimate of drug-likeness (QED) is 0.649. The highest BCUT2D eigenvalue weighted by Gasteiger charge is 2.31. The number of aliphatic hydroxyl groups is 1. The maximum Gasteiger partial charge on any atom is 0.404 e. The van der Waals surface area contributed by atoms with Gasteiger partial charge in [0.25, 0.3) is 0 Å². The average molecular weight is 201 g/mol. The molecule has 14 heavy (non-hydrogen) atoms. The lowest BCUT2D eigenvalue weighted by atomic mass is 9.77. The van der Waals surface area contributed by atoms with E-state index >= 15 is 0 Å². The monoisotopic (exact) mass is 201 g/mol. The molecule has 0 radical (unpaired) electrons. The zero-order chi connectivity index (χ0) is 10.6. The molecule has 0 aliphatic heterocycles. The van der Waals surface area contributed by atoms with Gasteiger partial charge in [-0.15, -0.1) is 0 Å². The van der Waals surface area contributed by atoms with Crippen LogP contribution in [0.15, 0.2) is 0 Å². The van der Waals surface area contributed by atoms with Crippen molar-refractivity contribution in [3.8, 4) is 0 Å². The molecular formula is C10H19NO3. The van der Waals surface area contributed by atoms with Gasteiger partial charge in [0.15, 0.2) is 0 Å². The summed E-state index contributed by atoms with van der Waals surface area (Å²) in [6.45, 7) is 2.52. The Morgan fingerprint density at radius 3 is 2.50 bits per heavy atom. The summed E-state index contributed by atoms with van der Waals surface area (Å²) < 4.78 is 0. The number of nitrogens with one attached hydrogen (secondary N) is 1. The van der Waals surface area contributed by atoms with Crippen molar-refractivity contribution in [1.29, 1.82) is 0 Å². The third-order valence-corrected chi connectivity index (χ3v) is 3.24. The molecule has 4 nitrogen and oxygen atoms in total. The molecule has 0 aromatic carbocycles. The van der Waals surface area contributed by atoms with Crippen molar-refractivity contribution in [2.45, 2.75) is 44.6 Å². The molecule has 0 atom stereocenters. The molecular weight excluding hydrogens is 182 g/mol. The van der Waals surface area contributed by atoms with Gasteiger partial charge in [-0.1, -0.05) is 6.92 Å². The number of carbonyl (C=O) groups is 1. The minimum atomic E-state index is -0.957. The maximum absolute atomic E-state index is 10.3. The summed E-state index contributed by atoms with van der Waals surface area (Å²) in [6.07, 6.45) is 3.29. The van der Waals surface area contributed by atoms with Crippen molar-refractivity contribution in [3.63, 3.8) is 0 Å².